The van der Waals surface area contributed by atoms with Crippen LogP contribution in [0.4, 0.5) is 0 Å². The molecule has 2 aromatic carbocycles. The topological polar surface area (TPSA) is 129 Å². The Hall–Kier alpha value is -3.09. The number of aliphatic carboxylic acids is 2. The van der Waals surface area contributed by atoms with E-state index in [4.69, 9.17) is 0 Å². The van der Waals surface area contributed by atoms with E-state index >= 15 is 0 Å². The molecule has 8 heteroatoms. The summed E-state index contributed by atoms with van der Waals surface area (Å²) in [5, 5.41) is 31.5. The van der Waals surface area contributed by atoms with Gasteiger partial charge < -0.3 is 29.9 Å². The van der Waals surface area contributed by atoms with Gasteiger partial charge in [0.15, 0.2) is 5.60 Å². The summed E-state index contributed by atoms with van der Waals surface area (Å²) in [7, 11) is 0. The number of hydrogen-bond acceptors (Lipinski definition) is 6. The van der Waals surface area contributed by atoms with Gasteiger partial charge >= 0.3 is 19.5 Å². The maximum atomic E-state index is 11.3. The van der Waals surface area contributed by atoms with Crippen molar-refractivity contribution >= 4 is 18.0 Å². The van der Waals surface area contributed by atoms with Crippen LogP contribution in [-0.4, -0.2) is 27.0 Å². The molecule has 0 unspecified atom stereocenters. The van der Waals surface area contributed by atoms with E-state index < -0.39 is 17.5 Å². The molecule has 0 atom stereocenters. The van der Waals surface area contributed by atoms with Crippen molar-refractivity contribution in [2.75, 3.05) is 0 Å². The molecule has 0 saturated carbocycles. The van der Waals surface area contributed by atoms with Gasteiger partial charge in [-0.25, -0.2) is 4.98 Å². The number of rotatable bonds is 5. The van der Waals surface area contributed by atoms with Crippen molar-refractivity contribution in [1.29, 1.82) is 0 Å². The molecule has 0 spiro atoms. The first-order valence-electron chi connectivity index (χ1n) is 7.87. The molecule has 0 radical (unpaired) electrons. The third-order valence-corrected chi connectivity index (χ3v) is 3.60. The summed E-state index contributed by atoms with van der Waals surface area (Å²) >= 11 is 0. The van der Waals surface area contributed by atoms with Crippen LogP contribution in [0.2, 0.25) is 0 Å². The zero-order valence-corrected chi connectivity index (χ0v) is 17.8. The second-order valence-corrected chi connectivity index (χ2v) is 5.39. The van der Waals surface area contributed by atoms with Gasteiger partial charge in [-0.15, -0.1) is 0 Å². The van der Waals surface area contributed by atoms with Gasteiger partial charge in [0.1, 0.15) is 0 Å². The van der Waals surface area contributed by atoms with E-state index in [0.717, 1.165) is 6.08 Å². The number of carbonyl (C=O) groups excluding carboxylic acids is 2. The van der Waals surface area contributed by atoms with Crippen molar-refractivity contribution in [3.05, 3.63) is 96.1 Å². The molecule has 28 heavy (non-hydrogen) atoms. The number of imidazole rings is 1. The van der Waals surface area contributed by atoms with Gasteiger partial charge in [0, 0.05) is 0 Å². The Labute approximate surface area is 174 Å². The molecule has 2 N–H and O–H groups in total. The van der Waals surface area contributed by atoms with E-state index in [9.17, 15) is 24.9 Å². The fraction of sp³-hybridized carbons (Fsp3) is 0.0500. The Kier molecular flexibility index (Phi) is 8.95. The van der Waals surface area contributed by atoms with Crippen LogP contribution in [0, 0.1) is 0 Å². The number of carboxylic acids is 2. The number of nitrogens with zero attached hydrogens (tertiary/aromatic N) is 1. The fourth-order valence-electron chi connectivity index (χ4n) is 2.28. The SMILES string of the molecule is O=C([O-])C(O)(c1ccccc1)c1ccccc1.O=C([O-])C=Cc1cnc[nH]1.[Zn+2]. The van der Waals surface area contributed by atoms with E-state index in [1.165, 1.54) is 18.6 Å². The average molecular weight is 430 g/mol. The van der Waals surface area contributed by atoms with E-state index in [1.807, 2.05) is 0 Å². The Morgan fingerprint density at radius 3 is 1.82 bits per heavy atom. The Morgan fingerprint density at radius 1 is 0.964 bits per heavy atom. The number of carboxylic acid groups (broad SMARTS) is 2. The number of aromatic amines is 1. The standard InChI is InChI=1S/C14H12O3.C6H6N2O2.Zn/c15-13(16)14(17,11-7-3-1-4-8-11)12-9-5-2-6-10-12;9-6(10)2-1-5-3-7-4-8-5;/h1-10,17H,(H,15,16);1-4H,(H,7,8)(H,9,10);/q;;+2/p-2. The summed E-state index contributed by atoms with van der Waals surface area (Å²) in [6, 6.07) is 16.4. The molecule has 3 rings (SSSR count). The van der Waals surface area contributed by atoms with Crippen molar-refractivity contribution in [1.82, 2.24) is 9.97 Å². The van der Waals surface area contributed by atoms with E-state index in [1.54, 1.807) is 60.7 Å². The second kappa shape index (κ2) is 10.9. The molecular weight excluding hydrogens is 414 g/mol. The molecule has 1 heterocycles. The number of H-pyrrole nitrogens is 1. The van der Waals surface area contributed by atoms with Gasteiger partial charge in [-0.3, -0.25) is 0 Å². The predicted molar refractivity (Wildman–Crippen MR) is 93.5 cm³/mol. The number of nitrogens with one attached hydrogen (secondary N) is 1. The molecule has 138 valence electrons. The van der Waals surface area contributed by atoms with Crippen molar-refractivity contribution in [2.24, 2.45) is 0 Å². The second-order valence-electron chi connectivity index (χ2n) is 5.39. The van der Waals surface area contributed by atoms with Crippen LogP contribution in [0.3, 0.4) is 0 Å². The first kappa shape index (κ1) is 23.0. The normalized spacial score (nSPS) is 10.5. The van der Waals surface area contributed by atoms with E-state index in [-0.39, 0.29) is 30.6 Å². The van der Waals surface area contributed by atoms with Gasteiger partial charge in [-0.05, 0) is 23.3 Å². The van der Waals surface area contributed by atoms with Crippen LogP contribution in [0.25, 0.3) is 6.08 Å². The van der Waals surface area contributed by atoms with Crippen molar-refractivity contribution in [3.8, 4) is 0 Å². The maximum Gasteiger partial charge on any atom is 2.00 e. The largest absolute Gasteiger partial charge is 2.00 e. The number of carbonyl (C=O) groups is 2. The molecule has 0 amide bonds. The summed E-state index contributed by atoms with van der Waals surface area (Å²) in [6.07, 6.45) is 5.30. The van der Waals surface area contributed by atoms with Crippen LogP contribution >= 0.6 is 0 Å². The van der Waals surface area contributed by atoms with Crippen LogP contribution in [0.5, 0.6) is 0 Å². The smallest absolute Gasteiger partial charge is 0.546 e. The quantitative estimate of drug-likeness (QED) is 0.428. The predicted octanol–water partition coefficient (Wildman–Crippen LogP) is -0.157. The molecule has 1 aromatic heterocycles. The van der Waals surface area contributed by atoms with Crippen molar-refractivity contribution in [3.63, 3.8) is 0 Å². The van der Waals surface area contributed by atoms with Gasteiger partial charge in [-0.1, -0.05) is 60.7 Å². The third kappa shape index (κ3) is 5.97. The monoisotopic (exact) mass is 428 g/mol. The van der Waals surface area contributed by atoms with Crippen molar-refractivity contribution < 1.29 is 44.4 Å². The molecule has 7 nitrogen and oxygen atoms in total. The molecule has 0 bridgehead atoms. The zero-order chi connectivity index (χ0) is 19.7. The van der Waals surface area contributed by atoms with Gasteiger partial charge in [0.2, 0.25) is 0 Å². The minimum Gasteiger partial charge on any atom is -0.546 e. The van der Waals surface area contributed by atoms with Crippen molar-refractivity contribution in [2.45, 2.75) is 5.60 Å². The fourth-order valence-corrected chi connectivity index (χ4v) is 2.28. The van der Waals surface area contributed by atoms with E-state index in [0.29, 0.717) is 5.69 Å². The molecule has 0 fully saturated rings. The number of aromatic nitrogens is 2. The maximum absolute atomic E-state index is 11.3. The number of benzene rings is 2. The molecule has 3 aromatic rings. The van der Waals surface area contributed by atoms with Gasteiger partial charge in [0.05, 0.1) is 30.2 Å². The summed E-state index contributed by atoms with van der Waals surface area (Å²) < 4.78 is 0. The molecule has 0 aliphatic heterocycles. The first-order chi connectivity index (χ1) is 12.9. The van der Waals surface area contributed by atoms with Crippen LogP contribution in [0.15, 0.2) is 79.3 Å². The Balaban J connectivity index is 0.000000307. The minimum atomic E-state index is -2.11. The number of aliphatic hydroxyl groups is 1. The molecule has 0 aliphatic carbocycles. The molecule has 0 saturated heterocycles. The summed E-state index contributed by atoms with van der Waals surface area (Å²) in [6.45, 7) is 0. The van der Waals surface area contributed by atoms with Gasteiger partial charge in [-0.2, -0.15) is 0 Å². The summed E-state index contributed by atoms with van der Waals surface area (Å²) in [5.41, 5.74) is -0.899. The van der Waals surface area contributed by atoms with E-state index in [2.05, 4.69) is 9.97 Å². The Bertz CT molecular complexity index is 857. The van der Waals surface area contributed by atoms with Crippen LogP contribution < -0.4 is 10.2 Å². The third-order valence-electron chi connectivity index (χ3n) is 3.60. The first-order valence-corrected chi connectivity index (χ1v) is 7.87. The Morgan fingerprint density at radius 2 is 1.46 bits per heavy atom. The molecule has 0 aliphatic rings. The van der Waals surface area contributed by atoms with Crippen LogP contribution in [0.1, 0.15) is 16.8 Å². The number of hydrogen-bond donors (Lipinski definition) is 2. The zero-order valence-electron chi connectivity index (χ0n) is 14.8. The summed E-state index contributed by atoms with van der Waals surface area (Å²) in [4.78, 5) is 27.5. The van der Waals surface area contributed by atoms with Gasteiger partial charge in [0.25, 0.3) is 0 Å². The minimum absolute atomic E-state index is 0. The summed E-state index contributed by atoms with van der Waals surface area (Å²) in [5.74, 6) is -2.75. The van der Waals surface area contributed by atoms with Crippen LogP contribution in [-0.2, 0) is 34.7 Å². The average Bonchev–Trinajstić information content (AvgIpc) is 3.21. The molecular formula is C20H16N2O5Zn.